The minimum Gasteiger partial charge on any atom is -0.294 e. The van der Waals surface area contributed by atoms with Crippen molar-refractivity contribution < 1.29 is 0 Å². The number of hydrogen-bond acceptors (Lipinski definition) is 5. The van der Waals surface area contributed by atoms with E-state index in [1.165, 1.54) is 11.9 Å². The molecule has 0 saturated heterocycles. The Balaban J connectivity index is 2.04. The summed E-state index contributed by atoms with van der Waals surface area (Å²) in [6.07, 6.45) is 0. The zero-order valence-corrected chi connectivity index (χ0v) is 11.0. The molecule has 2 rings (SSSR count). The smallest absolute Gasteiger partial charge is 0.233 e. The minimum absolute atomic E-state index is 0.599. The third kappa shape index (κ3) is 3.22. The number of anilines is 1. The number of aryl methyl sites for hydroxylation is 2. The van der Waals surface area contributed by atoms with Crippen molar-refractivity contribution in [3.63, 3.8) is 0 Å². The van der Waals surface area contributed by atoms with Crippen molar-refractivity contribution in [2.75, 3.05) is 4.72 Å². The van der Waals surface area contributed by atoms with E-state index in [1.54, 1.807) is 12.1 Å². The molecule has 0 unspecified atom stereocenters. The Morgan fingerprint density at radius 1 is 1.11 bits per heavy atom. The van der Waals surface area contributed by atoms with Crippen molar-refractivity contribution in [3.05, 3.63) is 47.3 Å². The van der Waals surface area contributed by atoms with Crippen molar-refractivity contribution >= 4 is 17.9 Å². The first-order valence-electron chi connectivity index (χ1n) is 5.42. The Bertz CT molecular complexity index is 567. The van der Waals surface area contributed by atoms with Gasteiger partial charge in [-0.15, -0.1) is 0 Å². The molecule has 1 heterocycles. The summed E-state index contributed by atoms with van der Waals surface area (Å²) >= 11 is 1.43. The van der Waals surface area contributed by atoms with Crippen LogP contribution in [0.1, 0.15) is 17.0 Å². The lowest BCUT2D eigenvalue weighted by atomic mass is 10.2. The molecule has 1 aromatic carbocycles. The maximum absolute atomic E-state index is 8.71. The van der Waals surface area contributed by atoms with Gasteiger partial charge < -0.3 is 0 Å². The summed E-state index contributed by atoms with van der Waals surface area (Å²) in [5.41, 5.74) is 2.53. The van der Waals surface area contributed by atoms with E-state index >= 15 is 0 Å². The van der Waals surface area contributed by atoms with E-state index in [-0.39, 0.29) is 0 Å². The molecule has 0 radical (unpaired) electrons. The molecule has 0 aliphatic rings. The molecule has 2 aromatic rings. The van der Waals surface area contributed by atoms with Crippen LogP contribution in [0.5, 0.6) is 0 Å². The molecule has 18 heavy (non-hydrogen) atoms. The fraction of sp³-hybridized carbons (Fsp3) is 0.154. The van der Waals surface area contributed by atoms with E-state index < -0.39 is 0 Å². The Morgan fingerprint density at radius 2 is 1.72 bits per heavy atom. The summed E-state index contributed by atoms with van der Waals surface area (Å²) in [7, 11) is 0. The second-order valence-electron chi connectivity index (χ2n) is 3.81. The van der Waals surface area contributed by atoms with Crippen molar-refractivity contribution in [3.8, 4) is 6.07 Å². The molecule has 1 N–H and O–H groups in total. The fourth-order valence-electron chi connectivity index (χ4n) is 1.47. The lowest BCUT2D eigenvalue weighted by Crippen LogP contribution is -1.97. The maximum atomic E-state index is 8.71. The van der Waals surface area contributed by atoms with E-state index in [9.17, 15) is 0 Å². The predicted octanol–water partition coefficient (Wildman–Crippen LogP) is 3.08. The second kappa shape index (κ2) is 5.52. The molecule has 0 atom stereocenters. The van der Waals surface area contributed by atoms with Crippen LogP contribution in [0.4, 0.5) is 5.95 Å². The van der Waals surface area contributed by atoms with Crippen LogP contribution in [0.25, 0.3) is 0 Å². The highest BCUT2D eigenvalue weighted by Crippen LogP contribution is 2.19. The Hall–Kier alpha value is -2.06. The van der Waals surface area contributed by atoms with E-state index in [0.717, 1.165) is 16.3 Å². The van der Waals surface area contributed by atoms with E-state index in [4.69, 9.17) is 5.26 Å². The molecule has 1 aromatic heterocycles. The highest BCUT2D eigenvalue weighted by Gasteiger charge is 2.00. The number of aromatic nitrogens is 2. The third-order valence-electron chi connectivity index (χ3n) is 2.23. The van der Waals surface area contributed by atoms with Crippen molar-refractivity contribution in [1.82, 2.24) is 9.97 Å². The summed E-state index contributed by atoms with van der Waals surface area (Å²) in [6.45, 7) is 3.87. The van der Waals surface area contributed by atoms with E-state index in [2.05, 4.69) is 20.8 Å². The van der Waals surface area contributed by atoms with Gasteiger partial charge in [-0.05, 0) is 56.1 Å². The van der Waals surface area contributed by atoms with Gasteiger partial charge in [0.15, 0.2) is 0 Å². The molecule has 4 nitrogen and oxygen atoms in total. The van der Waals surface area contributed by atoms with Gasteiger partial charge >= 0.3 is 0 Å². The summed E-state index contributed by atoms with van der Waals surface area (Å²) in [6, 6.07) is 11.4. The molecular formula is C13H12N4S. The Morgan fingerprint density at radius 3 is 2.28 bits per heavy atom. The number of nitriles is 1. The average molecular weight is 256 g/mol. The highest BCUT2D eigenvalue weighted by molar-refractivity contribution is 8.00. The normalized spacial score (nSPS) is 9.83. The average Bonchev–Trinajstić information content (AvgIpc) is 2.36. The second-order valence-corrected chi connectivity index (χ2v) is 4.69. The van der Waals surface area contributed by atoms with Gasteiger partial charge in [-0.25, -0.2) is 9.97 Å². The largest absolute Gasteiger partial charge is 0.294 e. The van der Waals surface area contributed by atoms with Crippen LogP contribution < -0.4 is 4.72 Å². The molecule has 0 spiro atoms. The van der Waals surface area contributed by atoms with Crippen molar-refractivity contribution in [1.29, 1.82) is 5.26 Å². The predicted molar refractivity (Wildman–Crippen MR) is 72.1 cm³/mol. The molecule has 0 amide bonds. The quantitative estimate of drug-likeness (QED) is 0.855. The van der Waals surface area contributed by atoms with Crippen LogP contribution >= 0.6 is 11.9 Å². The molecule has 0 bridgehead atoms. The number of nitrogens with zero attached hydrogens (tertiary/aromatic N) is 3. The fourth-order valence-corrected chi connectivity index (χ4v) is 2.05. The highest BCUT2D eigenvalue weighted by atomic mass is 32.2. The molecule has 0 aliphatic heterocycles. The SMILES string of the molecule is Cc1cc(C)nc(NSc2ccc(C#N)cc2)n1. The van der Waals surface area contributed by atoms with Crippen LogP contribution in [0.3, 0.4) is 0 Å². The molecule has 0 aliphatic carbocycles. The zero-order chi connectivity index (χ0) is 13.0. The van der Waals surface area contributed by atoms with E-state index in [1.807, 2.05) is 32.0 Å². The van der Waals surface area contributed by atoms with Gasteiger partial charge in [-0.2, -0.15) is 5.26 Å². The minimum atomic E-state index is 0.599. The topological polar surface area (TPSA) is 61.6 Å². The first-order chi connectivity index (χ1) is 8.67. The zero-order valence-electron chi connectivity index (χ0n) is 10.1. The summed E-state index contributed by atoms with van der Waals surface area (Å²) in [5.74, 6) is 0.599. The Kier molecular flexibility index (Phi) is 3.80. The van der Waals surface area contributed by atoms with Gasteiger partial charge in [0.25, 0.3) is 0 Å². The molecule has 0 fully saturated rings. The summed E-state index contributed by atoms with van der Waals surface area (Å²) in [4.78, 5) is 9.59. The first-order valence-corrected chi connectivity index (χ1v) is 6.24. The maximum Gasteiger partial charge on any atom is 0.233 e. The van der Waals surface area contributed by atoms with Crippen LogP contribution in [-0.2, 0) is 0 Å². The van der Waals surface area contributed by atoms with Crippen LogP contribution in [0.2, 0.25) is 0 Å². The Labute approximate surface area is 110 Å². The molecule has 90 valence electrons. The van der Waals surface area contributed by atoms with Gasteiger partial charge in [-0.3, -0.25) is 4.72 Å². The van der Waals surface area contributed by atoms with Crippen molar-refractivity contribution in [2.45, 2.75) is 18.7 Å². The van der Waals surface area contributed by atoms with Gasteiger partial charge in [-0.1, -0.05) is 0 Å². The van der Waals surface area contributed by atoms with Gasteiger partial charge in [0.1, 0.15) is 0 Å². The molecule has 0 saturated carbocycles. The molecule has 5 heteroatoms. The van der Waals surface area contributed by atoms with Crippen molar-refractivity contribution in [2.24, 2.45) is 0 Å². The number of rotatable bonds is 3. The first kappa shape index (κ1) is 12.4. The van der Waals surface area contributed by atoms with Gasteiger partial charge in [0.2, 0.25) is 5.95 Å². The summed E-state index contributed by atoms with van der Waals surface area (Å²) < 4.78 is 3.09. The van der Waals surface area contributed by atoms with Gasteiger partial charge in [0, 0.05) is 16.3 Å². The number of nitrogens with one attached hydrogen (secondary N) is 1. The van der Waals surface area contributed by atoms with E-state index in [0.29, 0.717) is 11.5 Å². The lowest BCUT2D eigenvalue weighted by molar-refractivity contribution is 1.07. The summed E-state index contributed by atoms with van der Waals surface area (Å²) in [5, 5.41) is 8.71. The van der Waals surface area contributed by atoms with Crippen LogP contribution in [-0.4, -0.2) is 9.97 Å². The van der Waals surface area contributed by atoms with Crippen LogP contribution in [0, 0.1) is 25.2 Å². The monoisotopic (exact) mass is 256 g/mol. The van der Waals surface area contributed by atoms with Crippen LogP contribution in [0.15, 0.2) is 35.2 Å². The lowest BCUT2D eigenvalue weighted by Gasteiger charge is -2.05. The molecular weight excluding hydrogens is 244 g/mol. The number of benzene rings is 1. The standard InChI is InChI=1S/C13H12N4S/c1-9-7-10(2)16-13(15-9)17-18-12-5-3-11(8-14)4-6-12/h3-7H,1-2H3,(H,15,16,17). The number of hydrogen-bond donors (Lipinski definition) is 1. The third-order valence-corrected chi connectivity index (χ3v) is 3.02. The van der Waals surface area contributed by atoms with Gasteiger partial charge in [0.05, 0.1) is 11.6 Å².